The second-order valence-electron chi connectivity index (χ2n) is 6.20. The Bertz CT molecular complexity index is 442. The van der Waals surface area contributed by atoms with Crippen LogP contribution in [0.2, 0.25) is 0 Å². The highest BCUT2D eigenvalue weighted by Crippen LogP contribution is 2.22. The zero-order valence-electron chi connectivity index (χ0n) is 12.6. The van der Waals surface area contributed by atoms with Crippen LogP contribution in [0.15, 0.2) is 12.3 Å². The molecule has 0 saturated carbocycles. The lowest BCUT2D eigenvalue weighted by Gasteiger charge is -2.34. The Morgan fingerprint density at radius 3 is 2.65 bits per heavy atom. The van der Waals surface area contributed by atoms with Crippen LogP contribution >= 0.6 is 0 Å². The fourth-order valence-corrected chi connectivity index (χ4v) is 3.07. The number of hydrogen-bond donors (Lipinski definition) is 0. The van der Waals surface area contributed by atoms with Gasteiger partial charge in [0.2, 0.25) is 5.95 Å². The molecule has 20 heavy (non-hydrogen) atoms. The van der Waals surface area contributed by atoms with Crippen LogP contribution in [0.4, 0.5) is 11.8 Å². The molecule has 0 aliphatic carbocycles. The van der Waals surface area contributed by atoms with E-state index in [0.717, 1.165) is 57.0 Å². The van der Waals surface area contributed by atoms with E-state index in [2.05, 4.69) is 33.7 Å². The van der Waals surface area contributed by atoms with E-state index >= 15 is 0 Å². The zero-order chi connectivity index (χ0) is 13.9. The monoisotopic (exact) mass is 275 g/mol. The third kappa shape index (κ3) is 3.03. The van der Waals surface area contributed by atoms with Crippen molar-refractivity contribution in [3.8, 4) is 0 Å². The molecule has 2 fully saturated rings. The summed E-state index contributed by atoms with van der Waals surface area (Å²) >= 11 is 0. The highest BCUT2D eigenvalue weighted by Gasteiger charge is 2.20. The van der Waals surface area contributed by atoms with Crippen molar-refractivity contribution < 1.29 is 0 Å². The third-order valence-corrected chi connectivity index (χ3v) is 4.40. The van der Waals surface area contributed by atoms with Gasteiger partial charge in [-0.15, -0.1) is 0 Å². The van der Waals surface area contributed by atoms with Gasteiger partial charge >= 0.3 is 0 Å². The van der Waals surface area contributed by atoms with Crippen molar-refractivity contribution in [2.24, 2.45) is 5.92 Å². The fourth-order valence-electron chi connectivity index (χ4n) is 3.07. The number of anilines is 2. The van der Waals surface area contributed by atoms with Crippen LogP contribution in [0.1, 0.15) is 19.8 Å². The lowest BCUT2D eigenvalue weighted by molar-refractivity contribution is 0.312. The molecule has 2 aliphatic rings. The Kier molecular flexibility index (Phi) is 4.05. The topological polar surface area (TPSA) is 35.5 Å². The Morgan fingerprint density at radius 1 is 1.10 bits per heavy atom. The number of likely N-dealkylation sites (N-methyl/N-ethyl adjacent to an activating group) is 1. The summed E-state index contributed by atoms with van der Waals surface area (Å²) in [5.41, 5.74) is 0. The summed E-state index contributed by atoms with van der Waals surface area (Å²) in [6.45, 7) is 8.84. The largest absolute Gasteiger partial charge is 0.354 e. The molecule has 3 heterocycles. The predicted octanol–water partition coefficient (Wildman–Crippen LogP) is 1.46. The first-order valence-electron chi connectivity index (χ1n) is 7.74. The number of rotatable bonds is 2. The highest BCUT2D eigenvalue weighted by atomic mass is 15.3. The first kappa shape index (κ1) is 13.6. The molecule has 0 spiro atoms. The van der Waals surface area contributed by atoms with Crippen LogP contribution in [0.3, 0.4) is 0 Å². The average Bonchev–Trinajstić information content (AvgIpc) is 2.48. The van der Waals surface area contributed by atoms with Gasteiger partial charge in [-0.05, 0) is 31.9 Å². The Hall–Kier alpha value is -1.36. The quantitative estimate of drug-likeness (QED) is 0.816. The minimum absolute atomic E-state index is 0.750. The molecule has 5 nitrogen and oxygen atoms in total. The molecule has 3 rings (SSSR count). The maximum Gasteiger partial charge on any atom is 0.227 e. The molecular weight excluding hydrogens is 250 g/mol. The van der Waals surface area contributed by atoms with Crippen LogP contribution in [0.5, 0.6) is 0 Å². The van der Waals surface area contributed by atoms with Crippen molar-refractivity contribution in [3.05, 3.63) is 12.3 Å². The molecule has 0 N–H and O–H groups in total. The summed E-state index contributed by atoms with van der Waals surface area (Å²) in [7, 11) is 2.18. The standard InChI is InChI=1S/C15H25N5/c1-13-4-3-7-20(12-13)15-16-6-5-14(17-15)19-10-8-18(2)9-11-19/h5-6,13H,3-4,7-12H2,1-2H3. The van der Waals surface area contributed by atoms with Crippen LogP contribution in [0, 0.1) is 5.92 Å². The summed E-state index contributed by atoms with van der Waals surface area (Å²) in [6.07, 6.45) is 4.49. The van der Waals surface area contributed by atoms with Gasteiger partial charge in [-0.3, -0.25) is 0 Å². The van der Waals surface area contributed by atoms with E-state index in [-0.39, 0.29) is 0 Å². The van der Waals surface area contributed by atoms with Gasteiger partial charge in [0.15, 0.2) is 0 Å². The van der Waals surface area contributed by atoms with E-state index in [1.807, 2.05) is 12.3 Å². The molecule has 5 heteroatoms. The fraction of sp³-hybridized carbons (Fsp3) is 0.733. The molecule has 1 atom stereocenters. The Morgan fingerprint density at radius 2 is 1.90 bits per heavy atom. The first-order valence-corrected chi connectivity index (χ1v) is 7.74. The second-order valence-corrected chi connectivity index (χ2v) is 6.20. The van der Waals surface area contributed by atoms with Gasteiger partial charge in [-0.1, -0.05) is 6.92 Å². The number of piperidine rings is 1. The SMILES string of the molecule is CC1CCCN(c2nccc(N3CCN(C)CC3)n2)C1. The van der Waals surface area contributed by atoms with Crippen LogP contribution < -0.4 is 9.80 Å². The molecule has 1 aromatic heterocycles. The summed E-state index contributed by atoms with van der Waals surface area (Å²) < 4.78 is 0. The molecule has 2 saturated heterocycles. The highest BCUT2D eigenvalue weighted by molar-refractivity contribution is 5.44. The summed E-state index contributed by atoms with van der Waals surface area (Å²) in [6, 6.07) is 2.04. The number of nitrogens with zero attached hydrogens (tertiary/aromatic N) is 5. The molecule has 110 valence electrons. The number of aromatic nitrogens is 2. The lowest BCUT2D eigenvalue weighted by Crippen LogP contribution is -2.45. The van der Waals surface area contributed by atoms with E-state index in [0.29, 0.717) is 0 Å². The summed E-state index contributed by atoms with van der Waals surface area (Å²) in [4.78, 5) is 16.4. The molecule has 1 aromatic rings. The van der Waals surface area contributed by atoms with Gasteiger partial charge in [0.1, 0.15) is 5.82 Å². The van der Waals surface area contributed by atoms with Crippen LogP contribution in [-0.2, 0) is 0 Å². The number of piperazine rings is 1. The maximum absolute atomic E-state index is 4.80. The lowest BCUT2D eigenvalue weighted by atomic mass is 10.0. The van der Waals surface area contributed by atoms with Gasteiger partial charge in [0.25, 0.3) is 0 Å². The van der Waals surface area contributed by atoms with Crippen molar-refractivity contribution in [3.63, 3.8) is 0 Å². The van der Waals surface area contributed by atoms with Crippen LogP contribution in [0.25, 0.3) is 0 Å². The minimum atomic E-state index is 0.750. The van der Waals surface area contributed by atoms with Crippen molar-refractivity contribution >= 4 is 11.8 Å². The second kappa shape index (κ2) is 5.95. The van der Waals surface area contributed by atoms with Crippen molar-refractivity contribution in [2.75, 3.05) is 56.1 Å². The molecule has 2 aliphatic heterocycles. The molecule has 0 aromatic carbocycles. The zero-order valence-corrected chi connectivity index (χ0v) is 12.6. The van der Waals surface area contributed by atoms with Crippen LogP contribution in [-0.4, -0.2) is 61.2 Å². The van der Waals surface area contributed by atoms with Crippen molar-refractivity contribution in [1.29, 1.82) is 0 Å². The van der Waals surface area contributed by atoms with Crippen molar-refractivity contribution in [2.45, 2.75) is 19.8 Å². The normalized spacial score (nSPS) is 25.0. The van der Waals surface area contributed by atoms with Gasteiger partial charge in [-0.2, -0.15) is 4.98 Å². The molecule has 1 unspecified atom stereocenters. The number of hydrogen-bond acceptors (Lipinski definition) is 5. The van der Waals surface area contributed by atoms with Gasteiger partial charge in [-0.25, -0.2) is 4.98 Å². The van der Waals surface area contributed by atoms with Gasteiger partial charge in [0.05, 0.1) is 0 Å². The van der Waals surface area contributed by atoms with Gasteiger partial charge in [0, 0.05) is 45.5 Å². The molecular formula is C15H25N5. The smallest absolute Gasteiger partial charge is 0.227 e. The van der Waals surface area contributed by atoms with E-state index in [1.54, 1.807) is 0 Å². The van der Waals surface area contributed by atoms with Crippen molar-refractivity contribution in [1.82, 2.24) is 14.9 Å². The summed E-state index contributed by atoms with van der Waals surface area (Å²) in [5.74, 6) is 2.74. The van der Waals surface area contributed by atoms with E-state index in [4.69, 9.17) is 4.98 Å². The first-order chi connectivity index (χ1) is 9.72. The summed E-state index contributed by atoms with van der Waals surface area (Å²) in [5, 5.41) is 0. The molecule has 0 amide bonds. The van der Waals surface area contributed by atoms with E-state index < -0.39 is 0 Å². The van der Waals surface area contributed by atoms with E-state index in [9.17, 15) is 0 Å². The van der Waals surface area contributed by atoms with Gasteiger partial charge < -0.3 is 14.7 Å². The molecule has 0 radical (unpaired) electrons. The average molecular weight is 275 g/mol. The van der Waals surface area contributed by atoms with E-state index in [1.165, 1.54) is 12.8 Å². The Labute approximate surface area is 121 Å². The minimum Gasteiger partial charge on any atom is -0.354 e. The third-order valence-electron chi connectivity index (χ3n) is 4.40. The predicted molar refractivity (Wildman–Crippen MR) is 82.4 cm³/mol. The maximum atomic E-state index is 4.80. The Balaban J connectivity index is 1.72. The molecule has 0 bridgehead atoms.